The molecule has 0 spiro atoms. The smallest absolute Gasteiger partial charge is 0.339 e. The third-order valence-corrected chi connectivity index (χ3v) is 2.10. The molecule has 0 bridgehead atoms. The van der Waals surface area contributed by atoms with Crippen molar-refractivity contribution in [2.24, 2.45) is 0 Å². The van der Waals surface area contributed by atoms with Gasteiger partial charge in [0.1, 0.15) is 17.1 Å². The van der Waals surface area contributed by atoms with Crippen molar-refractivity contribution in [2.75, 3.05) is 0 Å². The van der Waals surface area contributed by atoms with Crippen molar-refractivity contribution in [2.45, 2.75) is 39.5 Å². The van der Waals surface area contributed by atoms with Gasteiger partial charge in [-0.1, -0.05) is 27.7 Å². The molecule has 3 heteroatoms. The molecule has 0 atom stereocenters. The van der Waals surface area contributed by atoms with Gasteiger partial charge in [0.15, 0.2) is 0 Å². The van der Waals surface area contributed by atoms with E-state index in [1.54, 1.807) is 6.07 Å². The number of carbonyl (C=O) groups is 1. The zero-order chi connectivity index (χ0) is 10.9. The van der Waals surface area contributed by atoms with Gasteiger partial charge in [0.2, 0.25) is 0 Å². The Kier molecular flexibility index (Phi) is 2.99. The summed E-state index contributed by atoms with van der Waals surface area (Å²) in [5.41, 5.74) is 0.295. The zero-order valence-corrected chi connectivity index (χ0v) is 9.00. The van der Waals surface area contributed by atoms with Gasteiger partial charge in [-0.2, -0.15) is 0 Å². The third-order valence-electron chi connectivity index (χ3n) is 2.10. The standard InChI is InChI=1S/C11H16O3/c1-6(2)9-5-8(11(12)13)10(14-9)7(3)4/h5-7H,1-4H3,(H,12,13). The van der Waals surface area contributed by atoms with Crippen molar-refractivity contribution in [3.05, 3.63) is 23.2 Å². The molecule has 3 nitrogen and oxygen atoms in total. The molecule has 0 amide bonds. The Labute approximate surface area is 83.7 Å². The van der Waals surface area contributed by atoms with Crippen LogP contribution in [-0.4, -0.2) is 11.1 Å². The van der Waals surface area contributed by atoms with Crippen LogP contribution in [0.1, 0.15) is 61.4 Å². The molecule has 78 valence electrons. The summed E-state index contributed by atoms with van der Waals surface area (Å²) in [4.78, 5) is 10.9. The lowest BCUT2D eigenvalue weighted by atomic mass is 10.1. The molecule has 0 radical (unpaired) electrons. The van der Waals surface area contributed by atoms with E-state index in [-0.39, 0.29) is 11.8 Å². The van der Waals surface area contributed by atoms with Crippen molar-refractivity contribution >= 4 is 5.97 Å². The predicted octanol–water partition coefficient (Wildman–Crippen LogP) is 3.22. The topological polar surface area (TPSA) is 50.4 Å². The molecule has 1 aromatic rings. The van der Waals surface area contributed by atoms with E-state index in [4.69, 9.17) is 9.52 Å². The number of hydrogen-bond donors (Lipinski definition) is 1. The second-order valence-electron chi connectivity index (χ2n) is 4.04. The Hall–Kier alpha value is -1.25. The fourth-order valence-electron chi connectivity index (χ4n) is 1.31. The number of carboxylic acid groups (broad SMARTS) is 1. The molecular formula is C11H16O3. The average Bonchev–Trinajstić information content (AvgIpc) is 2.47. The maximum absolute atomic E-state index is 10.9. The van der Waals surface area contributed by atoms with Gasteiger partial charge in [0, 0.05) is 11.8 Å². The van der Waals surface area contributed by atoms with E-state index < -0.39 is 5.97 Å². The van der Waals surface area contributed by atoms with E-state index in [1.165, 1.54) is 0 Å². The molecule has 1 aromatic heterocycles. The van der Waals surface area contributed by atoms with Crippen LogP contribution in [0.15, 0.2) is 10.5 Å². The number of hydrogen-bond acceptors (Lipinski definition) is 2. The molecule has 0 saturated heterocycles. The molecule has 1 rings (SSSR count). The highest BCUT2D eigenvalue weighted by atomic mass is 16.4. The number of carboxylic acids is 1. The highest BCUT2D eigenvalue weighted by molar-refractivity contribution is 5.89. The Bertz CT molecular complexity index is 334. The minimum absolute atomic E-state index is 0.105. The van der Waals surface area contributed by atoms with Crippen LogP contribution in [0.4, 0.5) is 0 Å². The van der Waals surface area contributed by atoms with Gasteiger partial charge in [0.05, 0.1) is 0 Å². The lowest BCUT2D eigenvalue weighted by molar-refractivity contribution is 0.0694. The van der Waals surface area contributed by atoms with E-state index in [0.29, 0.717) is 11.3 Å². The fourth-order valence-corrected chi connectivity index (χ4v) is 1.31. The van der Waals surface area contributed by atoms with Crippen LogP contribution in [0.5, 0.6) is 0 Å². The van der Waals surface area contributed by atoms with Crippen LogP contribution in [0.25, 0.3) is 0 Å². The lowest BCUT2D eigenvalue weighted by Gasteiger charge is -2.02. The second-order valence-corrected chi connectivity index (χ2v) is 4.04. The number of furan rings is 1. The van der Waals surface area contributed by atoms with Gasteiger partial charge in [-0.05, 0) is 6.07 Å². The second kappa shape index (κ2) is 3.86. The first-order valence-electron chi connectivity index (χ1n) is 4.80. The van der Waals surface area contributed by atoms with Gasteiger partial charge in [-0.3, -0.25) is 0 Å². The van der Waals surface area contributed by atoms with Crippen molar-refractivity contribution in [3.63, 3.8) is 0 Å². The predicted molar refractivity (Wildman–Crippen MR) is 53.8 cm³/mol. The fraction of sp³-hybridized carbons (Fsp3) is 0.545. The summed E-state index contributed by atoms with van der Waals surface area (Å²) in [6, 6.07) is 1.63. The largest absolute Gasteiger partial charge is 0.478 e. The number of aromatic carboxylic acids is 1. The van der Waals surface area contributed by atoms with Crippen molar-refractivity contribution < 1.29 is 14.3 Å². The normalized spacial score (nSPS) is 11.3. The quantitative estimate of drug-likeness (QED) is 0.807. The summed E-state index contributed by atoms with van der Waals surface area (Å²) >= 11 is 0. The van der Waals surface area contributed by atoms with E-state index in [1.807, 2.05) is 27.7 Å². The summed E-state index contributed by atoms with van der Waals surface area (Å²) < 4.78 is 5.52. The maximum atomic E-state index is 10.9. The Balaban J connectivity index is 3.19. The first kappa shape index (κ1) is 10.8. The van der Waals surface area contributed by atoms with Crippen LogP contribution in [0, 0.1) is 0 Å². The van der Waals surface area contributed by atoms with Crippen molar-refractivity contribution in [1.82, 2.24) is 0 Å². The molecule has 0 unspecified atom stereocenters. The molecule has 0 saturated carbocycles. The molecule has 0 aliphatic rings. The van der Waals surface area contributed by atoms with Crippen LogP contribution < -0.4 is 0 Å². The minimum atomic E-state index is -0.913. The molecule has 0 fully saturated rings. The minimum Gasteiger partial charge on any atom is -0.478 e. The van der Waals surface area contributed by atoms with E-state index in [0.717, 1.165) is 5.76 Å². The van der Waals surface area contributed by atoms with Crippen LogP contribution >= 0.6 is 0 Å². The Morgan fingerprint density at radius 2 is 1.86 bits per heavy atom. The van der Waals surface area contributed by atoms with E-state index >= 15 is 0 Å². The summed E-state index contributed by atoms with van der Waals surface area (Å²) in [7, 11) is 0. The summed E-state index contributed by atoms with van der Waals surface area (Å²) in [5.74, 6) is 0.728. The molecular weight excluding hydrogens is 180 g/mol. The van der Waals surface area contributed by atoms with Crippen molar-refractivity contribution in [1.29, 1.82) is 0 Å². The first-order chi connectivity index (χ1) is 6.43. The van der Waals surface area contributed by atoms with Gasteiger partial charge in [-0.25, -0.2) is 4.79 Å². The van der Waals surface area contributed by atoms with Gasteiger partial charge < -0.3 is 9.52 Å². The summed E-state index contributed by atoms with van der Waals surface area (Å²) in [6.45, 7) is 7.81. The van der Waals surface area contributed by atoms with E-state index in [2.05, 4.69) is 0 Å². The third kappa shape index (κ3) is 1.97. The van der Waals surface area contributed by atoms with Crippen molar-refractivity contribution in [3.8, 4) is 0 Å². The maximum Gasteiger partial charge on any atom is 0.339 e. The monoisotopic (exact) mass is 196 g/mol. The SMILES string of the molecule is CC(C)c1cc(C(=O)O)c(C(C)C)o1. The highest BCUT2D eigenvalue weighted by Gasteiger charge is 2.20. The molecule has 0 aliphatic heterocycles. The Morgan fingerprint density at radius 3 is 2.14 bits per heavy atom. The molecule has 1 N–H and O–H groups in total. The van der Waals surface area contributed by atoms with Crippen LogP contribution in [-0.2, 0) is 0 Å². The summed E-state index contributed by atoms with van der Waals surface area (Å²) in [5, 5.41) is 8.95. The van der Waals surface area contributed by atoms with Gasteiger partial charge in [0.25, 0.3) is 0 Å². The first-order valence-corrected chi connectivity index (χ1v) is 4.80. The summed E-state index contributed by atoms with van der Waals surface area (Å²) in [6.07, 6.45) is 0. The molecule has 0 aromatic carbocycles. The molecule has 0 aliphatic carbocycles. The lowest BCUT2D eigenvalue weighted by Crippen LogP contribution is -1.99. The molecule has 1 heterocycles. The van der Waals surface area contributed by atoms with Crippen LogP contribution in [0.3, 0.4) is 0 Å². The Morgan fingerprint density at radius 1 is 1.29 bits per heavy atom. The zero-order valence-electron chi connectivity index (χ0n) is 9.00. The van der Waals surface area contributed by atoms with Gasteiger partial charge in [-0.15, -0.1) is 0 Å². The number of rotatable bonds is 3. The average molecular weight is 196 g/mol. The van der Waals surface area contributed by atoms with E-state index in [9.17, 15) is 4.79 Å². The van der Waals surface area contributed by atoms with Crippen LogP contribution in [0.2, 0.25) is 0 Å². The van der Waals surface area contributed by atoms with Gasteiger partial charge >= 0.3 is 5.97 Å². The highest BCUT2D eigenvalue weighted by Crippen LogP contribution is 2.27. The molecule has 14 heavy (non-hydrogen) atoms.